The van der Waals surface area contributed by atoms with Crippen molar-refractivity contribution < 1.29 is 9.90 Å². The fourth-order valence-corrected chi connectivity index (χ4v) is 1.97. The average molecular weight is 256 g/mol. The summed E-state index contributed by atoms with van der Waals surface area (Å²) in [6.45, 7) is 4.58. The van der Waals surface area contributed by atoms with E-state index in [0.29, 0.717) is 12.2 Å². The van der Waals surface area contributed by atoms with Crippen LogP contribution in [0.4, 0.5) is 5.69 Å². The van der Waals surface area contributed by atoms with Gasteiger partial charge in [-0.3, -0.25) is 0 Å². The van der Waals surface area contributed by atoms with Gasteiger partial charge in [0.2, 0.25) is 0 Å². The van der Waals surface area contributed by atoms with Crippen molar-refractivity contribution in [3.8, 4) is 0 Å². The van der Waals surface area contributed by atoms with E-state index in [2.05, 4.69) is 10.3 Å². The molecule has 1 aromatic carbocycles. The first-order valence-electron chi connectivity index (χ1n) is 6.07. The van der Waals surface area contributed by atoms with E-state index in [1.165, 1.54) is 6.07 Å². The molecule has 0 aliphatic rings. The monoisotopic (exact) mass is 256 g/mol. The Morgan fingerprint density at radius 1 is 1.16 bits per heavy atom. The maximum atomic E-state index is 10.9. The van der Waals surface area contributed by atoms with Gasteiger partial charge in [0.15, 0.2) is 0 Å². The summed E-state index contributed by atoms with van der Waals surface area (Å²) in [5.74, 6) is -1.01. The molecule has 2 rings (SSSR count). The lowest BCUT2D eigenvalue weighted by Crippen LogP contribution is -2.07. The number of rotatable bonds is 4. The Morgan fingerprint density at radius 2 is 1.79 bits per heavy atom. The summed E-state index contributed by atoms with van der Waals surface area (Å²) in [4.78, 5) is 14.9. The number of aromatic nitrogens is 1. The normalized spacial score (nSPS) is 10.2. The Hall–Kier alpha value is -2.36. The number of benzene rings is 1. The number of nitrogens with one attached hydrogen (secondary N) is 1. The SMILES string of the molecule is Cc1cccc(C)c1NCc1cccc(C(=O)O)n1. The number of para-hydroxylation sites is 1. The maximum absolute atomic E-state index is 10.9. The van der Waals surface area contributed by atoms with Crippen LogP contribution in [0.25, 0.3) is 0 Å². The van der Waals surface area contributed by atoms with Gasteiger partial charge in [-0.05, 0) is 37.1 Å². The molecule has 98 valence electrons. The summed E-state index contributed by atoms with van der Waals surface area (Å²) in [7, 11) is 0. The van der Waals surface area contributed by atoms with E-state index in [0.717, 1.165) is 16.8 Å². The van der Waals surface area contributed by atoms with Gasteiger partial charge in [-0.2, -0.15) is 0 Å². The molecule has 1 aromatic heterocycles. The summed E-state index contributed by atoms with van der Waals surface area (Å²) >= 11 is 0. The van der Waals surface area contributed by atoms with Crippen LogP contribution in [-0.4, -0.2) is 16.1 Å². The first-order valence-corrected chi connectivity index (χ1v) is 6.07. The molecule has 0 unspecified atom stereocenters. The first-order chi connectivity index (χ1) is 9.08. The highest BCUT2D eigenvalue weighted by Gasteiger charge is 2.06. The number of nitrogens with zero attached hydrogens (tertiary/aromatic N) is 1. The van der Waals surface area contributed by atoms with Crippen LogP contribution >= 0.6 is 0 Å². The molecular weight excluding hydrogens is 240 g/mol. The van der Waals surface area contributed by atoms with Crippen molar-refractivity contribution >= 4 is 11.7 Å². The maximum Gasteiger partial charge on any atom is 0.354 e. The van der Waals surface area contributed by atoms with E-state index in [4.69, 9.17) is 5.11 Å². The number of pyridine rings is 1. The Labute approximate surface area is 112 Å². The van der Waals surface area contributed by atoms with Crippen LogP contribution in [0.1, 0.15) is 27.3 Å². The molecule has 0 fully saturated rings. The summed E-state index contributed by atoms with van der Waals surface area (Å²) in [5, 5.41) is 12.2. The lowest BCUT2D eigenvalue weighted by Gasteiger charge is -2.12. The molecule has 0 radical (unpaired) electrons. The number of anilines is 1. The van der Waals surface area contributed by atoms with E-state index in [9.17, 15) is 4.79 Å². The Kier molecular flexibility index (Phi) is 3.80. The molecule has 0 aliphatic carbocycles. The zero-order chi connectivity index (χ0) is 13.8. The highest BCUT2D eigenvalue weighted by Crippen LogP contribution is 2.19. The second kappa shape index (κ2) is 5.52. The third-order valence-electron chi connectivity index (χ3n) is 2.95. The minimum atomic E-state index is -1.01. The molecule has 1 heterocycles. The van der Waals surface area contributed by atoms with Gasteiger partial charge in [0.25, 0.3) is 0 Å². The molecular formula is C15H16N2O2. The fraction of sp³-hybridized carbons (Fsp3) is 0.200. The van der Waals surface area contributed by atoms with Crippen molar-refractivity contribution in [1.29, 1.82) is 0 Å². The van der Waals surface area contributed by atoms with Gasteiger partial charge in [0, 0.05) is 5.69 Å². The molecule has 0 saturated carbocycles. The highest BCUT2D eigenvalue weighted by molar-refractivity contribution is 5.85. The number of aromatic carboxylic acids is 1. The molecule has 4 nitrogen and oxygen atoms in total. The van der Waals surface area contributed by atoms with Gasteiger partial charge in [0.1, 0.15) is 5.69 Å². The van der Waals surface area contributed by atoms with Crippen molar-refractivity contribution in [2.45, 2.75) is 20.4 Å². The van der Waals surface area contributed by atoms with Gasteiger partial charge < -0.3 is 10.4 Å². The molecule has 19 heavy (non-hydrogen) atoms. The molecule has 2 N–H and O–H groups in total. The lowest BCUT2D eigenvalue weighted by atomic mass is 10.1. The molecule has 0 spiro atoms. The van der Waals surface area contributed by atoms with Crippen LogP contribution in [0.5, 0.6) is 0 Å². The molecule has 0 saturated heterocycles. The zero-order valence-electron chi connectivity index (χ0n) is 11.0. The van der Waals surface area contributed by atoms with E-state index in [-0.39, 0.29) is 5.69 Å². The van der Waals surface area contributed by atoms with Crippen molar-refractivity contribution in [1.82, 2.24) is 4.98 Å². The second-order valence-corrected chi connectivity index (χ2v) is 4.44. The van der Waals surface area contributed by atoms with Gasteiger partial charge >= 0.3 is 5.97 Å². The van der Waals surface area contributed by atoms with Crippen LogP contribution in [0.15, 0.2) is 36.4 Å². The second-order valence-electron chi connectivity index (χ2n) is 4.44. The highest BCUT2D eigenvalue weighted by atomic mass is 16.4. The summed E-state index contributed by atoms with van der Waals surface area (Å²) < 4.78 is 0. The first kappa shape index (κ1) is 13.1. The third-order valence-corrected chi connectivity index (χ3v) is 2.95. The van der Waals surface area contributed by atoms with Gasteiger partial charge in [-0.25, -0.2) is 9.78 Å². The van der Waals surface area contributed by atoms with Crippen LogP contribution in [0, 0.1) is 13.8 Å². The standard InChI is InChI=1S/C15H16N2O2/c1-10-5-3-6-11(2)14(10)16-9-12-7-4-8-13(17-12)15(18)19/h3-8,16H,9H2,1-2H3,(H,18,19). The molecule has 0 amide bonds. The largest absolute Gasteiger partial charge is 0.477 e. The zero-order valence-corrected chi connectivity index (χ0v) is 11.0. The molecule has 4 heteroatoms. The number of hydrogen-bond donors (Lipinski definition) is 2. The Bertz CT molecular complexity index is 589. The van der Waals surface area contributed by atoms with Crippen LogP contribution in [-0.2, 0) is 6.54 Å². The quantitative estimate of drug-likeness (QED) is 0.882. The smallest absolute Gasteiger partial charge is 0.354 e. The Balaban J connectivity index is 2.15. The van der Waals surface area contributed by atoms with E-state index >= 15 is 0 Å². The van der Waals surface area contributed by atoms with Crippen molar-refractivity contribution in [3.63, 3.8) is 0 Å². The van der Waals surface area contributed by atoms with Crippen LogP contribution in [0.3, 0.4) is 0 Å². The van der Waals surface area contributed by atoms with E-state index in [1.54, 1.807) is 6.07 Å². The average Bonchev–Trinajstić information content (AvgIpc) is 2.38. The third kappa shape index (κ3) is 3.10. The van der Waals surface area contributed by atoms with E-state index in [1.807, 2.05) is 38.1 Å². The lowest BCUT2D eigenvalue weighted by molar-refractivity contribution is 0.0690. The molecule has 0 aliphatic heterocycles. The predicted molar refractivity (Wildman–Crippen MR) is 74.4 cm³/mol. The topological polar surface area (TPSA) is 62.2 Å². The molecule has 2 aromatic rings. The molecule has 0 bridgehead atoms. The number of aryl methyl sites for hydroxylation is 2. The number of hydrogen-bond acceptors (Lipinski definition) is 3. The van der Waals surface area contributed by atoms with E-state index < -0.39 is 5.97 Å². The van der Waals surface area contributed by atoms with Crippen molar-refractivity contribution in [2.75, 3.05) is 5.32 Å². The molecule has 0 atom stereocenters. The minimum Gasteiger partial charge on any atom is -0.477 e. The minimum absolute atomic E-state index is 0.0702. The van der Waals surface area contributed by atoms with Gasteiger partial charge in [0.05, 0.1) is 12.2 Å². The predicted octanol–water partition coefficient (Wildman–Crippen LogP) is 3.01. The number of carboxylic acid groups (broad SMARTS) is 1. The fourth-order valence-electron chi connectivity index (χ4n) is 1.97. The van der Waals surface area contributed by atoms with Crippen molar-refractivity contribution in [2.24, 2.45) is 0 Å². The summed E-state index contributed by atoms with van der Waals surface area (Å²) in [5.41, 5.74) is 4.18. The van der Waals surface area contributed by atoms with Crippen molar-refractivity contribution in [3.05, 3.63) is 58.9 Å². The summed E-state index contributed by atoms with van der Waals surface area (Å²) in [6.07, 6.45) is 0. The number of carbonyl (C=O) groups is 1. The van der Waals surface area contributed by atoms with Gasteiger partial charge in [-0.1, -0.05) is 24.3 Å². The van der Waals surface area contributed by atoms with Crippen LogP contribution < -0.4 is 5.32 Å². The van der Waals surface area contributed by atoms with Crippen LogP contribution in [0.2, 0.25) is 0 Å². The van der Waals surface area contributed by atoms with Gasteiger partial charge in [-0.15, -0.1) is 0 Å². The number of carboxylic acids is 1. The Morgan fingerprint density at radius 3 is 2.42 bits per heavy atom. The summed E-state index contributed by atoms with van der Waals surface area (Å²) in [6, 6.07) is 11.1.